The fourth-order valence-electron chi connectivity index (χ4n) is 1.58. The second kappa shape index (κ2) is 5.18. The number of methoxy groups -OCH3 is 1. The van der Waals surface area contributed by atoms with Gasteiger partial charge < -0.3 is 10.5 Å². The van der Waals surface area contributed by atoms with Crippen LogP contribution in [-0.4, -0.2) is 23.2 Å². The molecule has 1 heterocycles. The van der Waals surface area contributed by atoms with Gasteiger partial charge in [0.1, 0.15) is 5.75 Å². The lowest BCUT2D eigenvalue weighted by atomic mass is 10.1. The van der Waals surface area contributed by atoms with Gasteiger partial charge in [0.15, 0.2) is 0 Å². The molecular formula is C13H13N3O2. The SMILES string of the molecule is COc1ccc(-c2[nH]ncc2/C=C\C(N)=O)cc1. The van der Waals surface area contributed by atoms with Crippen LogP contribution in [0.2, 0.25) is 0 Å². The maximum Gasteiger partial charge on any atom is 0.241 e. The lowest BCUT2D eigenvalue weighted by Crippen LogP contribution is -2.05. The van der Waals surface area contributed by atoms with Gasteiger partial charge in [0, 0.05) is 17.2 Å². The lowest BCUT2D eigenvalue weighted by Gasteiger charge is -2.02. The maximum atomic E-state index is 10.7. The van der Waals surface area contributed by atoms with E-state index in [4.69, 9.17) is 10.5 Å². The number of hydrogen-bond donors (Lipinski definition) is 2. The van der Waals surface area contributed by atoms with Gasteiger partial charge in [-0.15, -0.1) is 0 Å². The number of rotatable bonds is 4. The molecular weight excluding hydrogens is 230 g/mol. The molecule has 0 aliphatic heterocycles. The van der Waals surface area contributed by atoms with E-state index in [1.54, 1.807) is 19.4 Å². The molecule has 0 bridgehead atoms. The molecule has 0 saturated carbocycles. The van der Waals surface area contributed by atoms with Crippen molar-refractivity contribution in [3.63, 3.8) is 0 Å². The molecule has 5 nitrogen and oxygen atoms in total. The summed E-state index contributed by atoms with van der Waals surface area (Å²) < 4.78 is 5.09. The zero-order valence-electron chi connectivity index (χ0n) is 9.88. The summed E-state index contributed by atoms with van der Waals surface area (Å²) in [5.74, 6) is 0.296. The molecule has 1 aromatic carbocycles. The minimum Gasteiger partial charge on any atom is -0.497 e. The van der Waals surface area contributed by atoms with Gasteiger partial charge in [0.25, 0.3) is 0 Å². The first-order valence-corrected chi connectivity index (χ1v) is 5.36. The van der Waals surface area contributed by atoms with Crippen molar-refractivity contribution in [3.05, 3.63) is 42.1 Å². The Hall–Kier alpha value is -2.56. The molecule has 18 heavy (non-hydrogen) atoms. The van der Waals surface area contributed by atoms with E-state index < -0.39 is 5.91 Å². The van der Waals surface area contributed by atoms with Gasteiger partial charge in [0.05, 0.1) is 19.0 Å². The van der Waals surface area contributed by atoms with Crippen molar-refractivity contribution in [1.82, 2.24) is 10.2 Å². The van der Waals surface area contributed by atoms with Crippen molar-refractivity contribution in [2.45, 2.75) is 0 Å². The van der Waals surface area contributed by atoms with Gasteiger partial charge in [-0.05, 0) is 30.3 Å². The Balaban J connectivity index is 2.32. The Bertz CT molecular complexity index is 570. The number of benzene rings is 1. The number of amides is 1. The fourth-order valence-corrected chi connectivity index (χ4v) is 1.58. The molecule has 0 aliphatic carbocycles. The number of carbonyl (C=O) groups is 1. The van der Waals surface area contributed by atoms with E-state index in [1.165, 1.54) is 6.08 Å². The van der Waals surface area contributed by atoms with Gasteiger partial charge in [-0.2, -0.15) is 5.10 Å². The molecule has 3 N–H and O–H groups in total. The van der Waals surface area contributed by atoms with Gasteiger partial charge in [-0.25, -0.2) is 0 Å². The van der Waals surface area contributed by atoms with E-state index in [9.17, 15) is 4.79 Å². The third kappa shape index (κ3) is 2.57. The molecule has 0 spiro atoms. The van der Waals surface area contributed by atoms with Gasteiger partial charge in [-0.1, -0.05) is 0 Å². The molecule has 1 amide bonds. The standard InChI is InChI=1S/C13H13N3O2/c1-18-11-5-2-9(3-6-11)13-10(8-15-16-13)4-7-12(14)17/h2-8H,1H3,(H2,14,17)(H,15,16)/b7-4-. The monoisotopic (exact) mass is 243 g/mol. The van der Waals surface area contributed by atoms with Crippen molar-refractivity contribution in [1.29, 1.82) is 0 Å². The number of primary amides is 1. The molecule has 1 aromatic heterocycles. The number of aromatic nitrogens is 2. The summed E-state index contributed by atoms with van der Waals surface area (Å²) >= 11 is 0. The van der Waals surface area contributed by atoms with E-state index in [-0.39, 0.29) is 0 Å². The number of hydrogen-bond acceptors (Lipinski definition) is 3. The van der Waals surface area contributed by atoms with Crippen LogP contribution in [0.25, 0.3) is 17.3 Å². The molecule has 0 unspecified atom stereocenters. The van der Waals surface area contributed by atoms with Crippen LogP contribution in [0, 0.1) is 0 Å². The number of nitrogens with one attached hydrogen (secondary N) is 1. The van der Waals surface area contributed by atoms with Gasteiger partial charge in [-0.3, -0.25) is 9.89 Å². The largest absolute Gasteiger partial charge is 0.497 e. The summed E-state index contributed by atoms with van der Waals surface area (Å²) in [6.45, 7) is 0. The highest BCUT2D eigenvalue weighted by atomic mass is 16.5. The van der Waals surface area contributed by atoms with Crippen LogP contribution in [-0.2, 0) is 4.79 Å². The molecule has 0 atom stereocenters. The van der Waals surface area contributed by atoms with E-state index in [1.807, 2.05) is 24.3 Å². The highest BCUT2D eigenvalue weighted by Gasteiger charge is 2.05. The van der Waals surface area contributed by atoms with Crippen LogP contribution in [0.3, 0.4) is 0 Å². The predicted octanol–water partition coefficient (Wildman–Crippen LogP) is 1.58. The summed E-state index contributed by atoms with van der Waals surface area (Å²) in [7, 11) is 1.62. The average Bonchev–Trinajstić information content (AvgIpc) is 2.85. The molecule has 0 aliphatic rings. The van der Waals surface area contributed by atoms with Gasteiger partial charge in [0.2, 0.25) is 5.91 Å². The Morgan fingerprint density at radius 2 is 2.11 bits per heavy atom. The zero-order chi connectivity index (χ0) is 13.0. The number of ether oxygens (including phenoxy) is 1. The molecule has 2 aromatic rings. The molecule has 0 fully saturated rings. The summed E-state index contributed by atoms with van der Waals surface area (Å²) in [5.41, 5.74) is 7.65. The summed E-state index contributed by atoms with van der Waals surface area (Å²) in [5, 5.41) is 6.85. The molecule has 0 saturated heterocycles. The van der Waals surface area contributed by atoms with Crippen LogP contribution >= 0.6 is 0 Å². The number of carbonyl (C=O) groups excluding carboxylic acids is 1. The normalized spacial score (nSPS) is 10.7. The zero-order valence-corrected chi connectivity index (χ0v) is 9.88. The summed E-state index contributed by atoms with van der Waals surface area (Å²) in [6, 6.07) is 7.54. The third-order valence-electron chi connectivity index (χ3n) is 2.47. The van der Waals surface area contributed by atoms with Crippen molar-refractivity contribution < 1.29 is 9.53 Å². The molecule has 5 heteroatoms. The quantitative estimate of drug-likeness (QED) is 0.800. The number of nitrogens with two attached hydrogens (primary N) is 1. The molecule has 0 radical (unpaired) electrons. The lowest BCUT2D eigenvalue weighted by molar-refractivity contribution is -0.113. The average molecular weight is 243 g/mol. The fraction of sp³-hybridized carbons (Fsp3) is 0.0769. The van der Waals surface area contributed by atoms with Crippen molar-refractivity contribution >= 4 is 12.0 Å². The Morgan fingerprint density at radius 3 is 2.72 bits per heavy atom. The first-order chi connectivity index (χ1) is 8.70. The highest BCUT2D eigenvalue weighted by Crippen LogP contribution is 2.24. The molecule has 92 valence electrons. The minimum atomic E-state index is -0.489. The topological polar surface area (TPSA) is 81.0 Å². The minimum absolute atomic E-state index is 0.489. The first-order valence-electron chi connectivity index (χ1n) is 5.36. The van der Waals surface area contributed by atoms with E-state index in [0.29, 0.717) is 0 Å². The van der Waals surface area contributed by atoms with Crippen molar-refractivity contribution in [2.75, 3.05) is 7.11 Å². The van der Waals surface area contributed by atoms with E-state index in [0.717, 1.165) is 22.6 Å². The summed E-state index contributed by atoms with van der Waals surface area (Å²) in [6.07, 6.45) is 4.57. The predicted molar refractivity (Wildman–Crippen MR) is 68.8 cm³/mol. The van der Waals surface area contributed by atoms with Crippen LogP contribution in [0.4, 0.5) is 0 Å². The number of aromatic amines is 1. The Kier molecular flexibility index (Phi) is 3.43. The van der Waals surface area contributed by atoms with Crippen LogP contribution in [0.15, 0.2) is 36.5 Å². The van der Waals surface area contributed by atoms with Crippen molar-refractivity contribution in [2.24, 2.45) is 5.73 Å². The Morgan fingerprint density at radius 1 is 1.39 bits per heavy atom. The number of nitrogens with zero attached hydrogens (tertiary/aromatic N) is 1. The van der Waals surface area contributed by atoms with Crippen LogP contribution < -0.4 is 10.5 Å². The van der Waals surface area contributed by atoms with E-state index >= 15 is 0 Å². The first kappa shape index (κ1) is 11.9. The van der Waals surface area contributed by atoms with Crippen LogP contribution in [0.1, 0.15) is 5.56 Å². The highest BCUT2D eigenvalue weighted by molar-refractivity contribution is 5.91. The van der Waals surface area contributed by atoms with E-state index in [2.05, 4.69) is 10.2 Å². The Labute approximate surface area is 104 Å². The maximum absolute atomic E-state index is 10.7. The smallest absolute Gasteiger partial charge is 0.241 e. The number of H-pyrrole nitrogens is 1. The third-order valence-corrected chi connectivity index (χ3v) is 2.47. The van der Waals surface area contributed by atoms with Gasteiger partial charge >= 0.3 is 0 Å². The second-order valence-electron chi connectivity index (χ2n) is 3.66. The second-order valence-corrected chi connectivity index (χ2v) is 3.66. The molecule has 2 rings (SSSR count). The van der Waals surface area contributed by atoms with Crippen molar-refractivity contribution in [3.8, 4) is 17.0 Å². The summed E-state index contributed by atoms with van der Waals surface area (Å²) in [4.78, 5) is 10.7. The van der Waals surface area contributed by atoms with Crippen LogP contribution in [0.5, 0.6) is 5.75 Å².